The molecule has 2 atom stereocenters. The average molecular weight is 345 g/mol. The molecule has 1 aromatic carbocycles. The van der Waals surface area contributed by atoms with E-state index in [9.17, 15) is 9.59 Å². The third-order valence-electron chi connectivity index (χ3n) is 3.82. The maximum Gasteiger partial charge on any atom is 0.340 e. The Balaban J connectivity index is 1.64. The van der Waals surface area contributed by atoms with E-state index in [1.54, 1.807) is 29.2 Å². The van der Waals surface area contributed by atoms with Crippen LogP contribution in [0.15, 0.2) is 30.6 Å². The van der Waals surface area contributed by atoms with Crippen molar-refractivity contribution in [3.63, 3.8) is 0 Å². The molecule has 1 fully saturated rings. The second-order valence-corrected chi connectivity index (χ2v) is 5.90. The zero-order chi connectivity index (χ0) is 17.8. The van der Waals surface area contributed by atoms with Crippen LogP contribution in [0.25, 0.3) is 5.69 Å². The molecule has 1 aliphatic rings. The lowest BCUT2D eigenvalue weighted by atomic mass is 10.2. The Morgan fingerprint density at radius 2 is 1.96 bits per heavy atom. The number of aromatic nitrogens is 4. The zero-order valence-corrected chi connectivity index (χ0v) is 14.0. The SMILES string of the molecule is C[C@H]1CN(C(=O)COC(=O)c2ccccc2-n2cnnn2)C[C@H](C)O1. The Bertz CT molecular complexity index is 739. The van der Waals surface area contributed by atoms with Gasteiger partial charge >= 0.3 is 5.97 Å². The topological polar surface area (TPSA) is 99.4 Å². The van der Waals surface area contributed by atoms with Crippen molar-refractivity contribution in [2.24, 2.45) is 0 Å². The Hall–Kier alpha value is -2.81. The molecule has 9 heteroatoms. The predicted octanol–water partition coefficient (Wildman–Crippen LogP) is 0.455. The van der Waals surface area contributed by atoms with E-state index in [0.29, 0.717) is 18.8 Å². The Morgan fingerprint density at radius 1 is 1.24 bits per heavy atom. The zero-order valence-electron chi connectivity index (χ0n) is 14.0. The summed E-state index contributed by atoms with van der Waals surface area (Å²) in [6.45, 7) is 4.47. The van der Waals surface area contributed by atoms with Gasteiger partial charge in [0.15, 0.2) is 6.61 Å². The van der Waals surface area contributed by atoms with Crippen molar-refractivity contribution in [2.75, 3.05) is 19.7 Å². The molecule has 0 spiro atoms. The second-order valence-electron chi connectivity index (χ2n) is 5.90. The predicted molar refractivity (Wildman–Crippen MR) is 86.0 cm³/mol. The molecule has 0 radical (unpaired) electrons. The van der Waals surface area contributed by atoms with Gasteiger partial charge in [-0.2, -0.15) is 4.68 Å². The highest BCUT2D eigenvalue weighted by molar-refractivity contribution is 5.94. The molecule has 1 saturated heterocycles. The summed E-state index contributed by atoms with van der Waals surface area (Å²) < 4.78 is 12.2. The number of ether oxygens (including phenoxy) is 2. The number of carbonyl (C=O) groups excluding carboxylic acids is 2. The molecular weight excluding hydrogens is 326 g/mol. The molecule has 1 aliphatic heterocycles. The molecule has 3 rings (SSSR count). The number of nitrogens with zero attached hydrogens (tertiary/aromatic N) is 5. The van der Waals surface area contributed by atoms with Gasteiger partial charge in [0, 0.05) is 13.1 Å². The third-order valence-corrected chi connectivity index (χ3v) is 3.82. The number of hydrogen-bond donors (Lipinski definition) is 0. The van der Waals surface area contributed by atoms with E-state index in [4.69, 9.17) is 9.47 Å². The van der Waals surface area contributed by atoms with E-state index in [0.717, 1.165) is 0 Å². The number of carbonyl (C=O) groups is 2. The molecule has 2 aromatic rings. The van der Waals surface area contributed by atoms with Gasteiger partial charge in [0.25, 0.3) is 5.91 Å². The molecule has 1 aromatic heterocycles. The number of benzene rings is 1. The van der Waals surface area contributed by atoms with Gasteiger partial charge in [-0.15, -0.1) is 5.10 Å². The largest absolute Gasteiger partial charge is 0.452 e. The van der Waals surface area contributed by atoms with Gasteiger partial charge < -0.3 is 14.4 Å². The summed E-state index contributed by atoms with van der Waals surface area (Å²) in [6.07, 6.45) is 1.31. The van der Waals surface area contributed by atoms with Crippen LogP contribution in [-0.4, -0.2) is 68.9 Å². The van der Waals surface area contributed by atoms with Gasteiger partial charge in [-0.3, -0.25) is 4.79 Å². The normalized spacial score (nSPS) is 20.3. The molecule has 1 amide bonds. The molecular formula is C16H19N5O4. The Labute approximate surface area is 144 Å². The van der Waals surface area contributed by atoms with Crippen LogP contribution in [0.5, 0.6) is 0 Å². The Kier molecular flexibility index (Phi) is 5.03. The number of para-hydroxylation sites is 1. The van der Waals surface area contributed by atoms with E-state index < -0.39 is 5.97 Å². The minimum Gasteiger partial charge on any atom is -0.452 e. The number of rotatable bonds is 4. The van der Waals surface area contributed by atoms with Crippen molar-refractivity contribution in [3.05, 3.63) is 36.2 Å². The van der Waals surface area contributed by atoms with Crippen molar-refractivity contribution in [2.45, 2.75) is 26.1 Å². The quantitative estimate of drug-likeness (QED) is 0.742. The fourth-order valence-corrected chi connectivity index (χ4v) is 2.80. The van der Waals surface area contributed by atoms with Crippen molar-refractivity contribution in [3.8, 4) is 5.69 Å². The van der Waals surface area contributed by atoms with E-state index >= 15 is 0 Å². The fourth-order valence-electron chi connectivity index (χ4n) is 2.80. The molecule has 0 saturated carbocycles. The van der Waals surface area contributed by atoms with Gasteiger partial charge in [-0.05, 0) is 36.4 Å². The number of amides is 1. The maximum absolute atomic E-state index is 12.4. The maximum atomic E-state index is 12.4. The number of hydrogen-bond acceptors (Lipinski definition) is 7. The van der Waals surface area contributed by atoms with Crippen LogP contribution in [0.4, 0.5) is 0 Å². The van der Waals surface area contributed by atoms with Crippen molar-refractivity contribution in [1.82, 2.24) is 25.1 Å². The smallest absolute Gasteiger partial charge is 0.340 e. The van der Waals surface area contributed by atoms with Crippen LogP contribution in [0.3, 0.4) is 0 Å². The second kappa shape index (κ2) is 7.39. The van der Waals surface area contributed by atoms with Gasteiger partial charge in [0.2, 0.25) is 0 Å². The first-order valence-corrected chi connectivity index (χ1v) is 7.97. The van der Waals surface area contributed by atoms with Gasteiger partial charge in [0.1, 0.15) is 6.33 Å². The lowest BCUT2D eigenvalue weighted by Gasteiger charge is -2.35. The number of tetrazole rings is 1. The van der Waals surface area contributed by atoms with Crippen molar-refractivity contribution in [1.29, 1.82) is 0 Å². The minimum atomic E-state index is -0.603. The van der Waals surface area contributed by atoms with Crippen LogP contribution in [0.1, 0.15) is 24.2 Å². The van der Waals surface area contributed by atoms with Crippen LogP contribution in [0.2, 0.25) is 0 Å². The third kappa shape index (κ3) is 4.00. The van der Waals surface area contributed by atoms with Crippen LogP contribution >= 0.6 is 0 Å². The summed E-state index contributed by atoms with van der Waals surface area (Å²) in [5.74, 6) is -0.843. The molecule has 2 heterocycles. The number of esters is 1. The first kappa shape index (κ1) is 17.0. The van der Waals surface area contributed by atoms with Gasteiger partial charge in [-0.1, -0.05) is 12.1 Å². The lowest BCUT2D eigenvalue weighted by Crippen LogP contribution is -2.49. The molecule has 25 heavy (non-hydrogen) atoms. The minimum absolute atomic E-state index is 0.0380. The summed E-state index contributed by atoms with van der Waals surface area (Å²) in [6, 6.07) is 6.76. The van der Waals surface area contributed by atoms with Crippen molar-refractivity contribution < 1.29 is 19.1 Å². The molecule has 0 unspecified atom stereocenters. The first-order valence-electron chi connectivity index (χ1n) is 7.97. The van der Waals surface area contributed by atoms with E-state index in [1.165, 1.54) is 11.0 Å². The molecule has 0 aliphatic carbocycles. The van der Waals surface area contributed by atoms with Gasteiger partial charge in [0.05, 0.1) is 23.5 Å². The van der Waals surface area contributed by atoms with E-state index in [2.05, 4.69) is 15.5 Å². The summed E-state index contributed by atoms with van der Waals surface area (Å²) in [7, 11) is 0. The molecule has 0 bridgehead atoms. The first-order chi connectivity index (χ1) is 12.0. The summed E-state index contributed by atoms with van der Waals surface area (Å²) >= 11 is 0. The standard InChI is InChI=1S/C16H19N5O4/c1-11-7-20(8-12(2)25-11)15(22)9-24-16(23)13-5-3-4-6-14(13)21-10-17-18-19-21/h3-6,10-12H,7-9H2,1-2H3/t11-,12-/m0/s1. The monoisotopic (exact) mass is 345 g/mol. The van der Waals surface area contributed by atoms with E-state index in [-0.39, 0.29) is 30.3 Å². The summed E-state index contributed by atoms with van der Waals surface area (Å²) in [5.41, 5.74) is 0.768. The fraction of sp³-hybridized carbons (Fsp3) is 0.438. The van der Waals surface area contributed by atoms with Crippen LogP contribution in [0, 0.1) is 0 Å². The highest BCUT2D eigenvalue weighted by Gasteiger charge is 2.26. The average Bonchev–Trinajstić information content (AvgIpc) is 3.13. The van der Waals surface area contributed by atoms with Crippen LogP contribution < -0.4 is 0 Å². The molecule has 132 valence electrons. The highest BCUT2D eigenvalue weighted by Crippen LogP contribution is 2.15. The summed E-state index contributed by atoms with van der Waals surface area (Å²) in [4.78, 5) is 26.3. The Morgan fingerprint density at radius 3 is 2.64 bits per heavy atom. The van der Waals surface area contributed by atoms with Crippen molar-refractivity contribution >= 4 is 11.9 Å². The number of morpholine rings is 1. The highest BCUT2D eigenvalue weighted by atomic mass is 16.5. The van der Waals surface area contributed by atoms with E-state index in [1.807, 2.05) is 13.8 Å². The van der Waals surface area contributed by atoms with Gasteiger partial charge in [-0.25, -0.2) is 4.79 Å². The van der Waals surface area contributed by atoms with Crippen LogP contribution in [-0.2, 0) is 14.3 Å². The molecule has 0 N–H and O–H groups in total. The summed E-state index contributed by atoms with van der Waals surface area (Å²) in [5, 5.41) is 10.9. The molecule has 9 nitrogen and oxygen atoms in total. The lowest BCUT2D eigenvalue weighted by molar-refractivity contribution is -0.146.